The van der Waals surface area contributed by atoms with Crippen molar-refractivity contribution in [2.75, 3.05) is 52.9 Å². The lowest BCUT2D eigenvalue weighted by Gasteiger charge is -2.41. The van der Waals surface area contributed by atoms with Crippen molar-refractivity contribution in [2.45, 2.75) is 233 Å². The first-order valence-corrected chi connectivity index (χ1v) is 26.2. The Hall–Kier alpha value is 0.340. The van der Waals surface area contributed by atoms with Crippen molar-refractivity contribution in [1.82, 2.24) is 0 Å². The first kappa shape index (κ1) is 72.0. The van der Waals surface area contributed by atoms with Gasteiger partial charge in [-0.05, 0) is 25.7 Å². The van der Waals surface area contributed by atoms with Crippen LogP contribution in [0.4, 0.5) is 0 Å². The van der Waals surface area contributed by atoms with Crippen molar-refractivity contribution in [2.24, 2.45) is 5.41 Å². The van der Waals surface area contributed by atoms with Crippen molar-refractivity contribution in [1.29, 1.82) is 0 Å². The van der Waals surface area contributed by atoms with Gasteiger partial charge in [0.25, 0.3) is 0 Å². The molecule has 0 amide bonds. The van der Waals surface area contributed by atoms with Crippen LogP contribution in [0.1, 0.15) is 233 Å². The summed E-state index contributed by atoms with van der Waals surface area (Å²) in [6.07, 6.45) is 42.7. The summed E-state index contributed by atoms with van der Waals surface area (Å²) >= 11 is 0. The van der Waals surface area contributed by atoms with Crippen LogP contribution in [0.5, 0.6) is 0 Å². The van der Waals surface area contributed by atoms with Crippen molar-refractivity contribution in [3.63, 3.8) is 0 Å². The minimum atomic E-state index is -3.24. The molecular formula is C45H104O13P2. The molecule has 0 saturated carbocycles. The lowest BCUT2D eigenvalue weighted by atomic mass is 9.93. The Bertz CT molecular complexity index is 527. The summed E-state index contributed by atoms with van der Waals surface area (Å²) in [6, 6.07) is 0. The molecule has 60 heavy (non-hydrogen) atoms. The lowest BCUT2D eigenvalue weighted by molar-refractivity contribution is -0.338. The molecule has 0 saturated heterocycles. The number of hydrogen-bond acceptors (Lipinski definition) is 9. The largest absolute Gasteiger partial charge is 0.820 e. The van der Waals surface area contributed by atoms with E-state index in [0.29, 0.717) is 26.4 Å². The third-order valence-corrected chi connectivity index (χ3v) is 10.7. The smallest absolute Gasteiger partial charge is 0.143 e. The van der Waals surface area contributed by atoms with Crippen LogP contribution in [0, 0.1) is 5.41 Å². The molecule has 0 aliphatic heterocycles. The second-order valence-corrected chi connectivity index (χ2v) is 17.1. The number of unbranched alkanes of at least 4 members (excludes halogenated alkanes) is 28. The fourth-order valence-electron chi connectivity index (χ4n) is 5.39. The third-order valence-electron chi connectivity index (χ3n) is 9.60. The molecule has 0 atom stereocenters. The highest BCUT2D eigenvalue weighted by molar-refractivity contribution is 7.50. The van der Waals surface area contributed by atoms with Crippen molar-refractivity contribution in [3.05, 3.63) is 0 Å². The standard InChI is InChI=1S/4C10H22O.C5H12O4.O5P2/c4*1-2-3-4-5-6-7-8-9-10-11;6-1-5(2-7,3-8)4-9;1-6(2)5-7(3)4/h4*11H,2-10H2,1H3;6-9H,1-4H2;/q;;;;;-4/p+4. The van der Waals surface area contributed by atoms with Gasteiger partial charge >= 0.3 is 0 Å². The van der Waals surface area contributed by atoms with Gasteiger partial charge in [-0.25, -0.2) is 0 Å². The molecule has 0 rings (SSSR count). The van der Waals surface area contributed by atoms with Crippen molar-refractivity contribution in [3.8, 4) is 0 Å². The SMILES string of the molecule is CCCCCCCCCC[OH2+].CCCCCCCCCC[OH2+].CCCCCCCCCC[OH2+].CCCCCCCCCC[OH2+].OCC(CO)(CO)CO.[O-]P([O-])OP([O-])[O-]. The zero-order valence-corrected chi connectivity index (χ0v) is 41.3. The monoisotopic (exact) mass is 915 g/mol. The second kappa shape index (κ2) is 71.0. The Labute approximate surface area is 372 Å². The number of aliphatic hydroxyl groups is 4. The van der Waals surface area contributed by atoms with Crippen LogP contribution in [-0.4, -0.2) is 93.7 Å². The Balaban J connectivity index is -0.000000147. The van der Waals surface area contributed by atoms with E-state index in [1.807, 2.05) is 0 Å². The van der Waals surface area contributed by atoms with Crippen LogP contribution in [0.2, 0.25) is 0 Å². The Morgan fingerprint density at radius 2 is 0.467 bits per heavy atom. The molecule has 0 bridgehead atoms. The van der Waals surface area contributed by atoms with E-state index in [4.69, 9.17) is 40.9 Å². The zero-order valence-electron chi connectivity index (χ0n) is 39.5. The number of rotatable bonds is 38. The summed E-state index contributed by atoms with van der Waals surface area (Å²) in [7, 11) is -6.47. The summed E-state index contributed by atoms with van der Waals surface area (Å²) in [6.45, 7) is 9.86. The Kier molecular flexibility index (Phi) is 85.1. The van der Waals surface area contributed by atoms with E-state index >= 15 is 0 Å². The fraction of sp³-hybridized carbons (Fsp3) is 1.00. The maximum Gasteiger partial charge on any atom is 0.143 e. The van der Waals surface area contributed by atoms with Gasteiger partial charge in [0.2, 0.25) is 0 Å². The van der Waals surface area contributed by atoms with Gasteiger partial charge in [-0.15, -0.1) is 0 Å². The molecule has 0 aliphatic carbocycles. The van der Waals surface area contributed by atoms with E-state index in [1.54, 1.807) is 0 Å². The lowest BCUT2D eigenvalue weighted by Crippen LogP contribution is -2.37. The first-order chi connectivity index (χ1) is 29.0. The normalized spacial score (nSPS) is 10.7. The molecule has 13 nitrogen and oxygen atoms in total. The van der Waals surface area contributed by atoms with Gasteiger partial charge in [-0.2, -0.15) is 17.2 Å². The van der Waals surface area contributed by atoms with Gasteiger partial charge in [0, 0.05) is 25.7 Å². The van der Waals surface area contributed by atoms with E-state index in [0.717, 1.165) is 25.7 Å². The molecule has 0 aromatic carbocycles. The van der Waals surface area contributed by atoms with Gasteiger partial charge in [-0.1, -0.05) is 182 Å². The topological polar surface area (TPSA) is 274 Å². The number of hydrogen-bond donors (Lipinski definition) is 4. The fourth-order valence-corrected chi connectivity index (χ4v) is 5.83. The molecule has 0 unspecified atom stereocenters. The highest BCUT2D eigenvalue weighted by Crippen LogP contribution is 2.29. The average Bonchev–Trinajstić information content (AvgIpc) is 3.24. The molecule has 12 N–H and O–H groups in total. The van der Waals surface area contributed by atoms with Gasteiger partial charge in [0.15, 0.2) is 0 Å². The molecule has 0 aromatic rings. The Morgan fingerprint density at radius 1 is 0.317 bits per heavy atom. The van der Waals surface area contributed by atoms with Crippen LogP contribution in [-0.2, 0) is 4.31 Å². The maximum atomic E-state index is 9.24. The van der Waals surface area contributed by atoms with Crippen LogP contribution < -0.4 is 19.6 Å². The maximum absolute atomic E-state index is 9.24. The predicted molar refractivity (Wildman–Crippen MR) is 250 cm³/mol. The van der Waals surface area contributed by atoms with E-state index in [-0.39, 0.29) is 0 Å². The summed E-state index contributed by atoms with van der Waals surface area (Å²) in [5.74, 6) is 0. The molecule has 0 spiro atoms. The average molecular weight is 915 g/mol. The zero-order chi connectivity index (χ0) is 46.6. The molecule has 0 heterocycles. The molecule has 0 aromatic heterocycles. The molecule has 0 aliphatic rings. The molecule has 15 heteroatoms. The van der Waals surface area contributed by atoms with Crippen molar-refractivity contribution < 1.29 is 64.7 Å². The van der Waals surface area contributed by atoms with Gasteiger partial charge in [0.1, 0.15) is 26.4 Å². The Morgan fingerprint density at radius 3 is 0.550 bits per heavy atom. The van der Waals surface area contributed by atoms with E-state index in [2.05, 4.69) is 32.0 Å². The predicted octanol–water partition coefficient (Wildman–Crippen LogP) is 6.25. The molecule has 0 fully saturated rings. The highest BCUT2D eigenvalue weighted by Gasteiger charge is 2.26. The van der Waals surface area contributed by atoms with Crippen LogP contribution in [0.3, 0.4) is 0 Å². The minimum Gasteiger partial charge on any atom is -0.820 e. The highest BCUT2D eigenvalue weighted by atomic mass is 31.2. The van der Waals surface area contributed by atoms with Gasteiger partial charge in [-0.3, -0.25) is 0 Å². The van der Waals surface area contributed by atoms with E-state index in [1.165, 1.54) is 180 Å². The van der Waals surface area contributed by atoms with E-state index < -0.39 is 49.0 Å². The third kappa shape index (κ3) is 82.1. The van der Waals surface area contributed by atoms with Crippen molar-refractivity contribution >= 4 is 17.2 Å². The van der Waals surface area contributed by atoms with Gasteiger partial charge < -0.3 is 64.7 Å². The summed E-state index contributed by atoms with van der Waals surface area (Å²) in [5.41, 5.74) is -1.11. The second-order valence-electron chi connectivity index (χ2n) is 15.6. The summed E-state index contributed by atoms with van der Waals surface area (Å²) < 4.78 is 3.16. The minimum absolute atomic E-state index is 0.406. The molecular weight excluding hydrogens is 810 g/mol. The molecule has 372 valence electrons. The number of aliphatic hydroxyl groups excluding tert-OH is 4. The van der Waals surface area contributed by atoms with Crippen LogP contribution in [0.15, 0.2) is 0 Å². The summed E-state index contributed by atoms with van der Waals surface area (Å²) in [4.78, 5) is 37.0. The van der Waals surface area contributed by atoms with E-state index in [9.17, 15) is 19.6 Å². The first-order valence-electron chi connectivity index (χ1n) is 24.0. The quantitative estimate of drug-likeness (QED) is 0.0309. The van der Waals surface area contributed by atoms with Crippen LogP contribution in [0.25, 0.3) is 0 Å². The summed E-state index contributed by atoms with van der Waals surface area (Å²) in [5, 5.41) is 61.8. The van der Waals surface area contributed by atoms with Crippen LogP contribution >= 0.6 is 17.2 Å². The molecule has 0 radical (unpaired) electrons. The van der Waals surface area contributed by atoms with Gasteiger partial charge in [0.05, 0.1) is 31.8 Å².